The summed E-state index contributed by atoms with van der Waals surface area (Å²) in [7, 11) is -6.80. The average Bonchev–Trinajstić information content (AvgIpc) is 2.41. The maximum atomic E-state index is 12.4. The van der Waals surface area contributed by atoms with Crippen molar-refractivity contribution in [3.05, 3.63) is 59.2 Å². The highest BCUT2D eigenvalue weighted by Crippen LogP contribution is 2.22. The molecule has 0 unspecified atom stereocenters. The molecule has 2 rings (SSSR count). The minimum atomic E-state index is -3.43. The number of nitrogens with one attached hydrogen (secondary N) is 1. The first-order valence-corrected chi connectivity index (χ1v) is 10.5. The van der Waals surface area contributed by atoms with Crippen LogP contribution >= 0.6 is 0 Å². The molecule has 0 fully saturated rings. The molecule has 0 saturated carbocycles. The van der Waals surface area contributed by atoms with Gasteiger partial charge in [0.15, 0.2) is 9.84 Å². The van der Waals surface area contributed by atoms with Crippen LogP contribution < -0.4 is 4.72 Å². The molecule has 2 aromatic carbocycles. The molecular weight excluding hydrogens is 334 g/mol. The van der Waals surface area contributed by atoms with Gasteiger partial charge in [-0.25, -0.2) is 16.8 Å². The fraction of sp³-hybridized carbons (Fsp3) is 0.250. The standard InChI is InChI=1S/C16H19NO4S2/c1-12-4-7-15(8-5-12)23(20,21)11-14-6-9-16(13(2)10-14)17-22(3,18)19/h4-10,17H,11H2,1-3H3. The van der Waals surface area contributed by atoms with Crippen molar-refractivity contribution in [3.8, 4) is 0 Å². The summed E-state index contributed by atoms with van der Waals surface area (Å²) >= 11 is 0. The largest absolute Gasteiger partial charge is 0.284 e. The summed E-state index contributed by atoms with van der Waals surface area (Å²) in [6, 6.07) is 11.6. The van der Waals surface area contributed by atoms with Gasteiger partial charge in [-0.3, -0.25) is 4.72 Å². The third kappa shape index (κ3) is 4.80. The Kier molecular flexibility index (Phi) is 4.81. The lowest BCUT2D eigenvalue weighted by molar-refractivity contribution is 0.595. The topological polar surface area (TPSA) is 80.3 Å². The number of sulfonamides is 1. The van der Waals surface area contributed by atoms with Crippen molar-refractivity contribution in [1.82, 2.24) is 0 Å². The van der Waals surface area contributed by atoms with Gasteiger partial charge in [0.05, 0.1) is 22.6 Å². The third-order valence-corrected chi connectivity index (χ3v) is 5.62. The lowest BCUT2D eigenvalue weighted by atomic mass is 10.1. The van der Waals surface area contributed by atoms with Gasteiger partial charge in [-0.15, -0.1) is 0 Å². The predicted octanol–water partition coefficient (Wildman–Crippen LogP) is 2.65. The minimum Gasteiger partial charge on any atom is -0.284 e. The number of anilines is 1. The zero-order valence-corrected chi connectivity index (χ0v) is 14.8. The van der Waals surface area contributed by atoms with Crippen LogP contribution in [-0.2, 0) is 25.6 Å². The van der Waals surface area contributed by atoms with Crippen LogP contribution in [0, 0.1) is 13.8 Å². The van der Waals surface area contributed by atoms with Crippen molar-refractivity contribution in [1.29, 1.82) is 0 Å². The van der Waals surface area contributed by atoms with Crippen molar-refractivity contribution < 1.29 is 16.8 Å². The Morgan fingerprint density at radius 2 is 1.52 bits per heavy atom. The van der Waals surface area contributed by atoms with Crippen molar-refractivity contribution in [2.45, 2.75) is 24.5 Å². The monoisotopic (exact) mass is 353 g/mol. The van der Waals surface area contributed by atoms with Crippen LogP contribution in [0.2, 0.25) is 0 Å². The number of rotatable bonds is 5. The molecule has 0 atom stereocenters. The summed E-state index contributed by atoms with van der Waals surface area (Å²) in [6.07, 6.45) is 1.07. The number of sulfone groups is 1. The first-order valence-electron chi connectivity index (χ1n) is 6.93. The predicted molar refractivity (Wildman–Crippen MR) is 91.7 cm³/mol. The molecule has 0 radical (unpaired) electrons. The molecule has 0 spiro atoms. The first-order chi connectivity index (χ1) is 10.6. The van der Waals surface area contributed by atoms with E-state index in [4.69, 9.17) is 0 Å². The molecule has 0 saturated heterocycles. The molecule has 2 aromatic rings. The van der Waals surface area contributed by atoms with Crippen LogP contribution in [0.4, 0.5) is 5.69 Å². The van der Waals surface area contributed by atoms with Crippen LogP contribution in [0.3, 0.4) is 0 Å². The zero-order chi connectivity index (χ0) is 17.3. The highest BCUT2D eigenvalue weighted by Gasteiger charge is 2.16. The molecule has 7 heteroatoms. The molecular formula is C16H19NO4S2. The van der Waals surface area contributed by atoms with Crippen LogP contribution in [0.25, 0.3) is 0 Å². The van der Waals surface area contributed by atoms with E-state index in [1.165, 1.54) is 0 Å². The Morgan fingerprint density at radius 3 is 2.04 bits per heavy atom. The maximum Gasteiger partial charge on any atom is 0.229 e. The summed E-state index contributed by atoms with van der Waals surface area (Å²) in [4.78, 5) is 0.277. The quantitative estimate of drug-likeness (QED) is 0.896. The van der Waals surface area contributed by atoms with E-state index in [2.05, 4.69) is 4.72 Å². The molecule has 124 valence electrons. The van der Waals surface area contributed by atoms with E-state index in [-0.39, 0.29) is 10.6 Å². The zero-order valence-electron chi connectivity index (χ0n) is 13.2. The van der Waals surface area contributed by atoms with E-state index in [0.29, 0.717) is 16.8 Å². The molecule has 1 N–H and O–H groups in total. The van der Waals surface area contributed by atoms with Crippen LogP contribution in [0.5, 0.6) is 0 Å². The van der Waals surface area contributed by atoms with E-state index in [0.717, 1.165) is 11.8 Å². The van der Waals surface area contributed by atoms with Gasteiger partial charge >= 0.3 is 0 Å². The number of benzene rings is 2. The van der Waals surface area contributed by atoms with Crippen molar-refractivity contribution in [2.24, 2.45) is 0 Å². The fourth-order valence-electron chi connectivity index (χ4n) is 2.18. The fourth-order valence-corrected chi connectivity index (χ4v) is 4.14. The summed E-state index contributed by atoms with van der Waals surface area (Å²) < 4.78 is 49.8. The summed E-state index contributed by atoms with van der Waals surface area (Å²) in [6.45, 7) is 3.63. The second-order valence-corrected chi connectivity index (χ2v) is 9.33. The molecule has 0 aliphatic heterocycles. The minimum absolute atomic E-state index is 0.129. The van der Waals surface area contributed by atoms with Crippen LogP contribution in [-0.4, -0.2) is 23.1 Å². The van der Waals surface area contributed by atoms with Crippen LogP contribution in [0.1, 0.15) is 16.7 Å². The molecule has 0 bridgehead atoms. The SMILES string of the molecule is Cc1ccc(S(=O)(=O)Cc2ccc(NS(C)(=O)=O)c(C)c2)cc1. The Morgan fingerprint density at radius 1 is 0.913 bits per heavy atom. The molecule has 0 aliphatic carbocycles. The smallest absolute Gasteiger partial charge is 0.229 e. The van der Waals surface area contributed by atoms with Gasteiger partial charge in [0, 0.05) is 0 Å². The average molecular weight is 353 g/mol. The molecule has 0 heterocycles. The first kappa shape index (κ1) is 17.5. The third-order valence-electron chi connectivity index (χ3n) is 3.32. The molecule has 0 aromatic heterocycles. The lowest BCUT2D eigenvalue weighted by Crippen LogP contribution is -2.11. The number of hydrogen-bond donors (Lipinski definition) is 1. The van der Waals surface area contributed by atoms with Crippen molar-refractivity contribution in [2.75, 3.05) is 11.0 Å². The van der Waals surface area contributed by atoms with E-state index in [1.807, 2.05) is 6.92 Å². The number of aryl methyl sites for hydroxylation is 2. The Hall–Kier alpha value is -1.86. The van der Waals surface area contributed by atoms with E-state index < -0.39 is 19.9 Å². The Balaban J connectivity index is 2.26. The maximum absolute atomic E-state index is 12.4. The van der Waals surface area contributed by atoms with Gasteiger partial charge in [0.1, 0.15) is 0 Å². The Bertz CT molecular complexity index is 915. The van der Waals surface area contributed by atoms with Gasteiger partial charge in [-0.2, -0.15) is 0 Å². The van der Waals surface area contributed by atoms with E-state index >= 15 is 0 Å². The van der Waals surface area contributed by atoms with Gasteiger partial charge < -0.3 is 0 Å². The highest BCUT2D eigenvalue weighted by atomic mass is 32.2. The van der Waals surface area contributed by atoms with Gasteiger partial charge in [-0.05, 0) is 43.2 Å². The highest BCUT2D eigenvalue weighted by molar-refractivity contribution is 7.92. The summed E-state index contributed by atoms with van der Waals surface area (Å²) in [5.41, 5.74) is 2.73. The lowest BCUT2D eigenvalue weighted by Gasteiger charge is -2.10. The van der Waals surface area contributed by atoms with E-state index in [9.17, 15) is 16.8 Å². The van der Waals surface area contributed by atoms with Crippen molar-refractivity contribution in [3.63, 3.8) is 0 Å². The van der Waals surface area contributed by atoms with Gasteiger partial charge in [-0.1, -0.05) is 29.8 Å². The molecule has 23 heavy (non-hydrogen) atoms. The van der Waals surface area contributed by atoms with Crippen molar-refractivity contribution >= 4 is 25.5 Å². The van der Waals surface area contributed by atoms with Gasteiger partial charge in [0.25, 0.3) is 0 Å². The normalized spacial score (nSPS) is 12.1. The number of hydrogen-bond acceptors (Lipinski definition) is 4. The molecule has 0 amide bonds. The Labute approximate surface area is 137 Å². The second kappa shape index (κ2) is 6.33. The molecule has 0 aliphatic rings. The second-order valence-electron chi connectivity index (χ2n) is 5.60. The van der Waals surface area contributed by atoms with Crippen LogP contribution in [0.15, 0.2) is 47.4 Å². The van der Waals surface area contributed by atoms with E-state index in [1.54, 1.807) is 49.4 Å². The summed E-state index contributed by atoms with van der Waals surface area (Å²) in [5.74, 6) is -0.129. The molecule has 5 nitrogen and oxygen atoms in total. The summed E-state index contributed by atoms with van der Waals surface area (Å²) in [5, 5.41) is 0. The van der Waals surface area contributed by atoms with Gasteiger partial charge in [0.2, 0.25) is 10.0 Å².